The molecule has 0 saturated carbocycles. The van der Waals surface area contributed by atoms with Gasteiger partial charge in [-0.05, 0) is 24.5 Å². The Bertz CT molecular complexity index is 464. The number of carbonyl (C=O) groups is 2. The van der Waals surface area contributed by atoms with Crippen molar-refractivity contribution in [1.82, 2.24) is 4.90 Å². The van der Waals surface area contributed by atoms with E-state index < -0.39 is 5.97 Å². The van der Waals surface area contributed by atoms with Crippen molar-refractivity contribution in [2.75, 3.05) is 13.1 Å². The van der Waals surface area contributed by atoms with E-state index in [9.17, 15) is 9.59 Å². The number of hydrogen-bond acceptors (Lipinski definition) is 3. The zero-order valence-electron chi connectivity index (χ0n) is 10.8. The summed E-state index contributed by atoms with van der Waals surface area (Å²) in [5.41, 5.74) is 1.18. The fourth-order valence-electron chi connectivity index (χ4n) is 2.22. The molecule has 1 N–H and O–H groups in total. The van der Waals surface area contributed by atoms with Crippen LogP contribution in [0.4, 0.5) is 0 Å². The fourth-order valence-corrected chi connectivity index (χ4v) is 3.50. The molecule has 1 aromatic carbocycles. The standard InChI is InChI=1S/C14H17NO3S/c1-2-7-15(9-13(16)17)14(18)12-8-10-5-3-4-6-11(10)19-12/h3-6,12H,2,7-9H2,1H3,(H,16,17). The fraction of sp³-hybridized carbons (Fsp3) is 0.429. The van der Waals surface area contributed by atoms with Gasteiger partial charge in [-0.2, -0.15) is 0 Å². The van der Waals surface area contributed by atoms with Crippen molar-refractivity contribution >= 4 is 23.6 Å². The number of hydrogen-bond donors (Lipinski definition) is 1. The molecule has 1 aromatic rings. The lowest BCUT2D eigenvalue weighted by atomic mass is 10.1. The van der Waals surface area contributed by atoms with Crippen molar-refractivity contribution < 1.29 is 14.7 Å². The molecule has 1 atom stereocenters. The lowest BCUT2D eigenvalue weighted by Crippen LogP contribution is -2.41. The van der Waals surface area contributed by atoms with Gasteiger partial charge < -0.3 is 10.0 Å². The van der Waals surface area contributed by atoms with E-state index in [2.05, 4.69) is 0 Å². The summed E-state index contributed by atoms with van der Waals surface area (Å²) in [6.45, 7) is 2.23. The van der Waals surface area contributed by atoms with Crippen molar-refractivity contribution in [2.24, 2.45) is 0 Å². The first-order valence-corrected chi connectivity index (χ1v) is 7.25. The molecule has 0 bridgehead atoms. The Morgan fingerprint density at radius 2 is 2.16 bits per heavy atom. The molecule has 0 aromatic heterocycles. The van der Waals surface area contributed by atoms with Crippen LogP contribution in [0, 0.1) is 0 Å². The van der Waals surface area contributed by atoms with Crippen LogP contribution in [-0.2, 0) is 16.0 Å². The summed E-state index contributed by atoms with van der Waals surface area (Å²) in [4.78, 5) is 25.8. The molecular formula is C14H17NO3S. The monoisotopic (exact) mass is 279 g/mol. The number of thioether (sulfide) groups is 1. The van der Waals surface area contributed by atoms with Crippen molar-refractivity contribution in [3.63, 3.8) is 0 Å². The number of benzene rings is 1. The zero-order chi connectivity index (χ0) is 13.8. The number of aliphatic carboxylic acids is 1. The minimum absolute atomic E-state index is 0.0644. The van der Waals surface area contributed by atoms with Crippen molar-refractivity contribution in [1.29, 1.82) is 0 Å². The highest BCUT2D eigenvalue weighted by molar-refractivity contribution is 8.01. The van der Waals surface area contributed by atoms with Crippen LogP contribution < -0.4 is 0 Å². The van der Waals surface area contributed by atoms with Crippen molar-refractivity contribution in [2.45, 2.75) is 29.9 Å². The molecule has 5 heteroatoms. The van der Waals surface area contributed by atoms with E-state index in [-0.39, 0.29) is 17.7 Å². The topological polar surface area (TPSA) is 57.6 Å². The SMILES string of the molecule is CCCN(CC(=O)O)C(=O)C1Cc2ccccc2S1. The first-order chi connectivity index (χ1) is 9.11. The summed E-state index contributed by atoms with van der Waals surface area (Å²) in [5.74, 6) is -1.02. The predicted octanol–water partition coefficient (Wildman–Crippen LogP) is 2.03. The van der Waals surface area contributed by atoms with Crippen LogP contribution >= 0.6 is 11.8 Å². The second-order valence-electron chi connectivity index (χ2n) is 4.57. The number of carboxylic acids is 1. The predicted molar refractivity (Wildman–Crippen MR) is 74.3 cm³/mol. The summed E-state index contributed by atoms with van der Waals surface area (Å²) in [6, 6.07) is 7.96. The van der Waals surface area contributed by atoms with E-state index in [4.69, 9.17) is 5.11 Å². The van der Waals surface area contributed by atoms with Crippen LogP contribution in [0.3, 0.4) is 0 Å². The number of amides is 1. The van der Waals surface area contributed by atoms with Gasteiger partial charge in [0.05, 0.1) is 5.25 Å². The smallest absolute Gasteiger partial charge is 0.323 e. The van der Waals surface area contributed by atoms with Crippen LogP contribution in [0.25, 0.3) is 0 Å². The highest BCUT2D eigenvalue weighted by Crippen LogP contribution is 2.37. The Morgan fingerprint density at radius 3 is 2.79 bits per heavy atom. The molecule has 1 aliphatic heterocycles. The van der Waals surface area contributed by atoms with E-state index in [1.807, 2.05) is 31.2 Å². The van der Waals surface area contributed by atoms with Crippen LogP contribution in [0.15, 0.2) is 29.2 Å². The third-order valence-corrected chi connectivity index (χ3v) is 4.36. The van der Waals surface area contributed by atoms with E-state index in [1.54, 1.807) is 11.8 Å². The van der Waals surface area contributed by atoms with Gasteiger partial charge in [0.1, 0.15) is 6.54 Å². The normalized spacial score (nSPS) is 17.0. The molecule has 0 radical (unpaired) electrons. The summed E-state index contributed by atoms with van der Waals surface area (Å²) in [5, 5.41) is 8.70. The molecule has 1 unspecified atom stereocenters. The molecule has 102 valence electrons. The summed E-state index contributed by atoms with van der Waals surface area (Å²) >= 11 is 1.54. The van der Waals surface area contributed by atoms with E-state index in [1.165, 1.54) is 10.5 Å². The quantitative estimate of drug-likeness (QED) is 0.896. The average Bonchev–Trinajstić information content (AvgIpc) is 2.80. The molecule has 0 spiro atoms. The Hall–Kier alpha value is -1.49. The Balaban J connectivity index is 2.06. The minimum atomic E-state index is -0.956. The number of nitrogens with zero attached hydrogens (tertiary/aromatic N) is 1. The van der Waals surface area contributed by atoms with Gasteiger partial charge in [-0.3, -0.25) is 9.59 Å². The van der Waals surface area contributed by atoms with Gasteiger partial charge in [-0.25, -0.2) is 0 Å². The maximum absolute atomic E-state index is 12.4. The van der Waals surface area contributed by atoms with E-state index >= 15 is 0 Å². The van der Waals surface area contributed by atoms with E-state index in [0.717, 1.165) is 11.3 Å². The first-order valence-electron chi connectivity index (χ1n) is 6.37. The number of rotatable bonds is 5. The summed E-state index contributed by atoms with van der Waals surface area (Å²) in [7, 11) is 0. The second kappa shape index (κ2) is 6.10. The van der Waals surface area contributed by atoms with Crippen LogP contribution in [0.1, 0.15) is 18.9 Å². The lowest BCUT2D eigenvalue weighted by molar-refractivity contribution is -0.144. The molecule has 1 heterocycles. The molecule has 2 rings (SSSR count). The molecule has 0 saturated heterocycles. The van der Waals surface area contributed by atoms with Gasteiger partial charge in [-0.1, -0.05) is 25.1 Å². The lowest BCUT2D eigenvalue weighted by Gasteiger charge is -2.22. The van der Waals surface area contributed by atoms with Crippen LogP contribution in [0.5, 0.6) is 0 Å². The van der Waals surface area contributed by atoms with Crippen LogP contribution in [-0.4, -0.2) is 40.2 Å². The van der Waals surface area contributed by atoms with Gasteiger partial charge >= 0.3 is 5.97 Å². The Morgan fingerprint density at radius 1 is 1.42 bits per heavy atom. The second-order valence-corrected chi connectivity index (χ2v) is 5.82. The molecule has 0 fully saturated rings. The van der Waals surface area contributed by atoms with Gasteiger partial charge in [0.25, 0.3) is 0 Å². The zero-order valence-corrected chi connectivity index (χ0v) is 11.7. The third kappa shape index (κ3) is 3.29. The molecule has 1 amide bonds. The van der Waals surface area contributed by atoms with Gasteiger partial charge in [0, 0.05) is 11.4 Å². The minimum Gasteiger partial charge on any atom is -0.480 e. The average molecular weight is 279 g/mol. The Kier molecular flexibility index (Phi) is 4.47. The summed E-state index contributed by atoms with van der Waals surface area (Å²) < 4.78 is 0. The largest absolute Gasteiger partial charge is 0.480 e. The van der Waals surface area contributed by atoms with Crippen molar-refractivity contribution in [3.8, 4) is 0 Å². The van der Waals surface area contributed by atoms with Gasteiger partial charge in [0.2, 0.25) is 5.91 Å². The summed E-state index contributed by atoms with van der Waals surface area (Å²) in [6.07, 6.45) is 1.46. The van der Waals surface area contributed by atoms with Gasteiger partial charge in [-0.15, -0.1) is 11.8 Å². The maximum Gasteiger partial charge on any atom is 0.323 e. The highest BCUT2D eigenvalue weighted by atomic mass is 32.2. The Labute approximate surface area is 116 Å². The molecule has 4 nitrogen and oxygen atoms in total. The number of carbonyl (C=O) groups excluding carboxylic acids is 1. The molecule has 1 aliphatic rings. The number of carboxylic acid groups (broad SMARTS) is 1. The third-order valence-electron chi connectivity index (χ3n) is 3.05. The maximum atomic E-state index is 12.4. The van der Waals surface area contributed by atoms with Crippen LogP contribution in [0.2, 0.25) is 0 Å². The number of fused-ring (bicyclic) bond motifs is 1. The van der Waals surface area contributed by atoms with Gasteiger partial charge in [0.15, 0.2) is 0 Å². The van der Waals surface area contributed by atoms with Crippen molar-refractivity contribution in [3.05, 3.63) is 29.8 Å². The molecular weight excluding hydrogens is 262 g/mol. The first kappa shape index (κ1) is 13.9. The van der Waals surface area contributed by atoms with E-state index in [0.29, 0.717) is 13.0 Å². The highest BCUT2D eigenvalue weighted by Gasteiger charge is 2.31. The molecule has 0 aliphatic carbocycles. The molecule has 19 heavy (non-hydrogen) atoms.